The molecule has 0 bridgehead atoms. The van der Waals surface area contributed by atoms with Gasteiger partial charge < -0.3 is 10.6 Å². The molecule has 6 nitrogen and oxygen atoms in total. The summed E-state index contributed by atoms with van der Waals surface area (Å²) in [6.45, 7) is 10.2. The Bertz CT molecular complexity index is 379. The Morgan fingerprint density at radius 3 is 2.45 bits per heavy atom. The third-order valence-corrected chi connectivity index (χ3v) is 4.01. The minimum absolute atomic E-state index is 0.0659. The molecular formula is C14H28N4O2. The van der Waals surface area contributed by atoms with Crippen LogP contribution in [0.5, 0.6) is 0 Å². The van der Waals surface area contributed by atoms with Crippen LogP contribution < -0.4 is 21.9 Å². The van der Waals surface area contributed by atoms with Crippen LogP contribution >= 0.6 is 0 Å². The third-order valence-electron chi connectivity index (χ3n) is 4.01. The zero-order chi connectivity index (χ0) is 15.6. The first kappa shape index (κ1) is 16.9. The van der Waals surface area contributed by atoms with E-state index >= 15 is 0 Å². The number of hydrazine groups is 1. The van der Waals surface area contributed by atoms with Gasteiger partial charge in [-0.2, -0.15) is 0 Å². The predicted molar refractivity (Wildman–Crippen MR) is 78.6 cm³/mol. The highest BCUT2D eigenvalue weighted by Gasteiger charge is 2.40. The summed E-state index contributed by atoms with van der Waals surface area (Å²) < 4.78 is 0. The molecule has 1 aliphatic rings. The fraction of sp³-hybridized carbons (Fsp3) is 0.857. The van der Waals surface area contributed by atoms with Crippen LogP contribution in [0.25, 0.3) is 0 Å². The molecule has 0 aliphatic carbocycles. The molecular weight excluding hydrogens is 256 g/mol. The lowest BCUT2D eigenvalue weighted by Gasteiger charge is -2.48. The zero-order valence-electron chi connectivity index (χ0n) is 13.2. The number of nitrogens with two attached hydrogens (primary N) is 1. The van der Waals surface area contributed by atoms with Gasteiger partial charge in [0, 0.05) is 29.5 Å². The first-order chi connectivity index (χ1) is 9.07. The molecule has 0 radical (unpaired) electrons. The van der Waals surface area contributed by atoms with Crippen molar-refractivity contribution in [1.29, 1.82) is 0 Å². The minimum atomic E-state index is -0.420. The number of hydrogen-bond acceptors (Lipinski definition) is 4. The molecule has 2 unspecified atom stereocenters. The van der Waals surface area contributed by atoms with E-state index in [0.29, 0.717) is 0 Å². The first-order valence-electron chi connectivity index (χ1n) is 7.16. The summed E-state index contributed by atoms with van der Waals surface area (Å²) in [4.78, 5) is 23.4. The lowest BCUT2D eigenvalue weighted by molar-refractivity contribution is -0.130. The molecule has 1 saturated heterocycles. The van der Waals surface area contributed by atoms with Gasteiger partial charge in [-0.25, -0.2) is 5.84 Å². The van der Waals surface area contributed by atoms with Crippen LogP contribution in [0.1, 0.15) is 53.9 Å². The molecule has 6 heteroatoms. The van der Waals surface area contributed by atoms with Crippen molar-refractivity contribution in [2.24, 2.45) is 11.8 Å². The molecule has 2 atom stereocenters. The summed E-state index contributed by atoms with van der Waals surface area (Å²) in [5.41, 5.74) is 1.98. The fourth-order valence-electron chi connectivity index (χ4n) is 2.91. The number of amides is 2. The maximum atomic E-state index is 12.0. The lowest BCUT2D eigenvalue weighted by Crippen LogP contribution is -2.66. The smallest absolute Gasteiger partial charge is 0.237 e. The summed E-state index contributed by atoms with van der Waals surface area (Å²) in [6.07, 6.45) is 2.08. The number of nitrogens with one attached hydrogen (secondary N) is 3. The topological polar surface area (TPSA) is 96.2 Å². The van der Waals surface area contributed by atoms with E-state index in [9.17, 15) is 9.59 Å². The van der Waals surface area contributed by atoms with Gasteiger partial charge in [0.1, 0.15) is 0 Å². The van der Waals surface area contributed by atoms with Gasteiger partial charge in [-0.1, -0.05) is 6.92 Å². The summed E-state index contributed by atoms with van der Waals surface area (Å²) in [7, 11) is 0. The molecule has 0 aromatic heterocycles. The molecule has 1 rings (SSSR count). The number of carbonyl (C=O) groups is 2. The second kappa shape index (κ2) is 6.10. The molecule has 116 valence electrons. The van der Waals surface area contributed by atoms with Gasteiger partial charge in [-0.05, 0) is 40.5 Å². The highest BCUT2D eigenvalue weighted by atomic mass is 16.2. The van der Waals surface area contributed by atoms with Crippen molar-refractivity contribution in [1.82, 2.24) is 16.1 Å². The SMILES string of the molecule is CC(CC(=O)NC1CCC(C)(C)NC1(C)C)C(=O)NN. The second-order valence-corrected chi connectivity index (χ2v) is 7.00. The van der Waals surface area contributed by atoms with Crippen molar-refractivity contribution in [3.05, 3.63) is 0 Å². The molecule has 20 heavy (non-hydrogen) atoms. The van der Waals surface area contributed by atoms with E-state index in [4.69, 9.17) is 5.84 Å². The van der Waals surface area contributed by atoms with E-state index in [0.717, 1.165) is 12.8 Å². The Kier molecular flexibility index (Phi) is 5.15. The highest BCUT2D eigenvalue weighted by molar-refractivity contribution is 5.85. The normalized spacial score (nSPS) is 25.6. The zero-order valence-corrected chi connectivity index (χ0v) is 13.2. The number of rotatable bonds is 4. The summed E-state index contributed by atoms with van der Waals surface area (Å²) >= 11 is 0. The molecule has 5 N–H and O–H groups in total. The van der Waals surface area contributed by atoms with E-state index in [1.165, 1.54) is 0 Å². The van der Waals surface area contributed by atoms with Crippen LogP contribution in [-0.2, 0) is 9.59 Å². The molecule has 2 amide bonds. The maximum Gasteiger partial charge on any atom is 0.237 e. The van der Waals surface area contributed by atoms with E-state index in [1.807, 2.05) is 0 Å². The van der Waals surface area contributed by atoms with E-state index in [-0.39, 0.29) is 35.4 Å². The minimum Gasteiger partial charge on any atom is -0.352 e. The largest absolute Gasteiger partial charge is 0.352 e. The van der Waals surface area contributed by atoms with Gasteiger partial charge in [0.2, 0.25) is 11.8 Å². The fourth-order valence-corrected chi connectivity index (χ4v) is 2.91. The standard InChI is InChI=1S/C14H28N4O2/c1-9(12(20)17-15)8-11(19)16-10-6-7-13(2,3)18-14(10,4)5/h9-10,18H,6-8,15H2,1-5H3,(H,16,19)(H,17,20). The second-order valence-electron chi connectivity index (χ2n) is 7.00. The van der Waals surface area contributed by atoms with Gasteiger partial charge in [0.05, 0.1) is 0 Å². The van der Waals surface area contributed by atoms with Crippen molar-refractivity contribution < 1.29 is 9.59 Å². The van der Waals surface area contributed by atoms with Crippen LogP contribution in [0.15, 0.2) is 0 Å². The van der Waals surface area contributed by atoms with Gasteiger partial charge >= 0.3 is 0 Å². The van der Waals surface area contributed by atoms with Crippen molar-refractivity contribution in [3.63, 3.8) is 0 Å². The van der Waals surface area contributed by atoms with E-state index in [2.05, 4.69) is 43.8 Å². The Morgan fingerprint density at radius 1 is 1.35 bits per heavy atom. The number of piperidine rings is 1. The molecule has 1 heterocycles. The molecule has 1 fully saturated rings. The predicted octanol–water partition coefficient (Wildman–Crippen LogP) is 0.428. The van der Waals surface area contributed by atoms with Crippen molar-refractivity contribution in [2.45, 2.75) is 71.0 Å². The molecule has 0 aromatic carbocycles. The highest BCUT2D eigenvalue weighted by Crippen LogP contribution is 2.28. The molecule has 0 saturated carbocycles. The van der Waals surface area contributed by atoms with Crippen LogP contribution in [0.3, 0.4) is 0 Å². The molecule has 0 aromatic rings. The average Bonchev–Trinajstić information content (AvgIpc) is 2.30. The first-order valence-corrected chi connectivity index (χ1v) is 7.16. The number of carbonyl (C=O) groups excluding carboxylic acids is 2. The summed E-state index contributed by atoms with van der Waals surface area (Å²) in [5.74, 6) is 4.22. The average molecular weight is 284 g/mol. The van der Waals surface area contributed by atoms with Gasteiger partial charge in [-0.15, -0.1) is 0 Å². The van der Waals surface area contributed by atoms with Crippen LogP contribution in [-0.4, -0.2) is 28.9 Å². The van der Waals surface area contributed by atoms with Crippen LogP contribution in [0, 0.1) is 5.92 Å². The van der Waals surface area contributed by atoms with Crippen LogP contribution in [0.2, 0.25) is 0 Å². The lowest BCUT2D eigenvalue weighted by atomic mass is 9.79. The van der Waals surface area contributed by atoms with Gasteiger partial charge in [-0.3, -0.25) is 15.0 Å². The maximum absolute atomic E-state index is 12.0. The Balaban J connectivity index is 2.56. The van der Waals surface area contributed by atoms with Crippen LogP contribution in [0.4, 0.5) is 0 Å². The van der Waals surface area contributed by atoms with Crippen molar-refractivity contribution in [2.75, 3.05) is 0 Å². The third kappa shape index (κ3) is 4.45. The van der Waals surface area contributed by atoms with E-state index in [1.54, 1.807) is 6.92 Å². The molecule has 1 aliphatic heterocycles. The van der Waals surface area contributed by atoms with Crippen molar-refractivity contribution in [3.8, 4) is 0 Å². The molecule has 0 spiro atoms. The Labute approximate surface area is 121 Å². The summed E-state index contributed by atoms with van der Waals surface area (Å²) in [5, 5.41) is 6.60. The quantitative estimate of drug-likeness (QED) is 0.342. The monoisotopic (exact) mass is 284 g/mol. The van der Waals surface area contributed by atoms with Gasteiger partial charge in [0.25, 0.3) is 0 Å². The van der Waals surface area contributed by atoms with Gasteiger partial charge in [0.15, 0.2) is 0 Å². The Hall–Kier alpha value is -1.14. The van der Waals surface area contributed by atoms with Crippen molar-refractivity contribution >= 4 is 11.8 Å². The van der Waals surface area contributed by atoms with E-state index < -0.39 is 5.92 Å². The Morgan fingerprint density at radius 2 is 1.95 bits per heavy atom. The number of hydrogen-bond donors (Lipinski definition) is 4. The summed E-state index contributed by atoms with van der Waals surface area (Å²) in [6, 6.07) is 0.0659.